The molecule has 6 nitrogen and oxygen atoms in total. The lowest BCUT2D eigenvalue weighted by Gasteiger charge is -2.41. The first-order valence-electron chi connectivity index (χ1n) is 11.0. The van der Waals surface area contributed by atoms with E-state index in [1.54, 1.807) is 29.2 Å². The Balaban J connectivity index is 1.25. The van der Waals surface area contributed by atoms with Crippen LogP contribution in [-0.4, -0.2) is 65.5 Å². The Hall–Kier alpha value is -2.19. The molecule has 2 saturated heterocycles. The van der Waals surface area contributed by atoms with Crippen molar-refractivity contribution < 1.29 is 19.1 Å². The molecule has 0 spiro atoms. The van der Waals surface area contributed by atoms with E-state index >= 15 is 0 Å². The van der Waals surface area contributed by atoms with E-state index in [2.05, 4.69) is 10.2 Å². The quantitative estimate of drug-likeness (QED) is 0.668. The zero-order chi connectivity index (χ0) is 23.6. The molecule has 2 N–H and O–H groups in total. The number of hydrogen-bond donors (Lipinski definition) is 2. The monoisotopic (exact) mass is 493 g/mol. The molecule has 2 aliphatic heterocycles. The molecule has 0 saturated carbocycles. The van der Waals surface area contributed by atoms with E-state index in [1.165, 1.54) is 18.2 Å². The van der Waals surface area contributed by atoms with Crippen LogP contribution in [0.4, 0.5) is 4.39 Å². The highest BCUT2D eigenvalue weighted by Crippen LogP contribution is 2.34. The predicted molar refractivity (Wildman–Crippen MR) is 125 cm³/mol. The fourth-order valence-corrected chi connectivity index (χ4v) is 4.88. The molecule has 1 unspecified atom stereocenters. The minimum Gasteiger partial charge on any atom is -0.385 e. The summed E-state index contributed by atoms with van der Waals surface area (Å²) < 4.78 is 13.2. The summed E-state index contributed by atoms with van der Waals surface area (Å²) in [6, 6.07) is 10.8. The van der Waals surface area contributed by atoms with Gasteiger partial charge in [0.05, 0.1) is 22.2 Å². The second-order valence-electron chi connectivity index (χ2n) is 8.67. The lowest BCUT2D eigenvalue weighted by atomic mass is 9.84. The van der Waals surface area contributed by atoms with Crippen molar-refractivity contribution in [2.45, 2.75) is 30.9 Å². The molecule has 2 amide bonds. The van der Waals surface area contributed by atoms with E-state index in [0.29, 0.717) is 49.6 Å². The van der Waals surface area contributed by atoms with Crippen molar-refractivity contribution >= 4 is 35.0 Å². The van der Waals surface area contributed by atoms with Crippen LogP contribution in [0.3, 0.4) is 0 Å². The van der Waals surface area contributed by atoms with Gasteiger partial charge in [-0.25, -0.2) is 4.39 Å². The van der Waals surface area contributed by atoms with E-state index in [9.17, 15) is 19.1 Å². The summed E-state index contributed by atoms with van der Waals surface area (Å²) in [4.78, 5) is 29.0. The second kappa shape index (κ2) is 9.97. The Morgan fingerprint density at radius 1 is 1.06 bits per heavy atom. The molecule has 2 fully saturated rings. The smallest absolute Gasteiger partial charge is 0.251 e. The van der Waals surface area contributed by atoms with Crippen molar-refractivity contribution in [3.05, 3.63) is 69.5 Å². The zero-order valence-electron chi connectivity index (χ0n) is 18.1. The number of likely N-dealkylation sites (tertiary alicyclic amines) is 2. The summed E-state index contributed by atoms with van der Waals surface area (Å²) in [5.74, 6) is -0.830. The van der Waals surface area contributed by atoms with Gasteiger partial charge in [0, 0.05) is 37.8 Å². The normalized spacial score (nSPS) is 20.6. The van der Waals surface area contributed by atoms with Crippen LogP contribution in [-0.2, 0) is 10.4 Å². The third kappa shape index (κ3) is 5.49. The molecule has 2 aromatic rings. The molecule has 9 heteroatoms. The van der Waals surface area contributed by atoms with Crippen molar-refractivity contribution in [1.29, 1.82) is 0 Å². The topological polar surface area (TPSA) is 72.9 Å². The Kier molecular flexibility index (Phi) is 7.24. The van der Waals surface area contributed by atoms with Gasteiger partial charge in [0.1, 0.15) is 5.82 Å². The number of rotatable bonds is 5. The van der Waals surface area contributed by atoms with E-state index in [-0.39, 0.29) is 35.2 Å². The third-order valence-electron chi connectivity index (χ3n) is 6.62. The summed E-state index contributed by atoms with van der Waals surface area (Å²) in [5, 5.41) is 14.3. The van der Waals surface area contributed by atoms with Crippen LogP contribution in [0.25, 0.3) is 0 Å². The number of carbonyl (C=O) groups excluding carboxylic acids is 2. The lowest BCUT2D eigenvalue weighted by molar-refractivity contribution is -0.129. The molecule has 0 radical (unpaired) electrons. The van der Waals surface area contributed by atoms with Crippen LogP contribution in [0, 0.1) is 5.82 Å². The van der Waals surface area contributed by atoms with E-state index in [1.807, 2.05) is 0 Å². The molecule has 0 bridgehead atoms. The van der Waals surface area contributed by atoms with Gasteiger partial charge in [-0.05, 0) is 55.2 Å². The van der Waals surface area contributed by atoms with Crippen LogP contribution in [0.15, 0.2) is 42.5 Å². The molecule has 4 rings (SSSR count). The number of piperidine rings is 1. The first-order chi connectivity index (χ1) is 15.7. The van der Waals surface area contributed by atoms with Crippen LogP contribution >= 0.6 is 23.2 Å². The molecular weight excluding hydrogens is 468 g/mol. The fourth-order valence-electron chi connectivity index (χ4n) is 4.58. The van der Waals surface area contributed by atoms with Gasteiger partial charge in [-0.15, -0.1) is 0 Å². The lowest BCUT2D eigenvalue weighted by Crippen LogP contribution is -2.48. The number of amides is 2. The van der Waals surface area contributed by atoms with Gasteiger partial charge in [0.25, 0.3) is 5.91 Å². The highest BCUT2D eigenvalue weighted by Gasteiger charge is 2.38. The van der Waals surface area contributed by atoms with Gasteiger partial charge in [-0.2, -0.15) is 0 Å². The molecule has 1 atom stereocenters. The zero-order valence-corrected chi connectivity index (χ0v) is 19.6. The van der Waals surface area contributed by atoms with Crippen LogP contribution in [0.2, 0.25) is 10.0 Å². The Bertz CT molecular complexity index is 1030. The third-order valence-corrected chi connectivity index (χ3v) is 7.36. The van der Waals surface area contributed by atoms with Crippen molar-refractivity contribution in [2.24, 2.45) is 0 Å². The minimum absolute atomic E-state index is 0.0872. The van der Waals surface area contributed by atoms with Gasteiger partial charge in [-0.1, -0.05) is 35.3 Å². The standard InChI is InChI=1S/C24H26Cl2FN3O3/c25-20-6-1-16(13-21(20)26)23(32)28-14-22(31)30-10-7-19(15-30)29-11-8-24(33,9-12-29)17-2-4-18(27)5-3-17/h1-6,13,19,33H,7-12,14-15H2,(H,28,32). The van der Waals surface area contributed by atoms with Crippen molar-refractivity contribution in [2.75, 3.05) is 32.7 Å². The molecule has 0 aromatic heterocycles. The minimum atomic E-state index is -0.951. The van der Waals surface area contributed by atoms with Gasteiger partial charge in [0.2, 0.25) is 5.91 Å². The van der Waals surface area contributed by atoms with E-state index in [4.69, 9.17) is 23.2 Å². The van der Waals surface area contributed by atoms with Crippen LogP contribution in [0.1, 0.15) is 35.2 Å². The van der Waals surface area contributed by atoms with Crippen molar-refractivity contribution in [3.8, 4) is 0 Å². The number of benzene rings is 2. The summed E-state index contributed by atoms with van der Waals surface area (Å²) in [6.45, 7) is 2.54. The fraction of sp³-hybridized carbons (Fsp3) is 0.417. The van der Waals surface area contributed by atoms with Crippen LogP contribution < -0.4 is 5.32 Å². The van der Waals surface area contributed by atoms with E-state index < -0.39 is 5.60 Å². The predicted octanol–water partition coefficient (Wildman–Crippen LogP) is 3.45. The van der Waals surface area contributed by atoms with Gasteiger partial charge in [-0.3, -0.25) is 14.5 Å². The Morgan fingerprint density at radius 2 is 1.76 bits per heavy atom. The van der Waals surface area contributed by atoms with Crippen molar-refractivity contribution in [3.63, 3.8) is 0 Å². The first-order valence-corrected chi connectivity index (χ1v) is 11.7. The number of halogens is 3. The van der Waals surface area contributed by atoms with Gasteiger partial charge in [0.15, 0.2) is 0 Å². The average Bonchev–Trinajstić information content (AvgIpc) is 3.30. The summed E-state index contributed by atoms with van der Waals surface area (Å²) in [6.07, 6.45) is 1.97. The molecule has 2 aromatic carbocycles. The van der Waals surface area contributed by atoms with Crippen molar-refractivity contribution in [1.82, 2.24) is 15.1 Å². The second-order valence-corrected chi connectivity index (χ2v) is 9.48. The summed E-state index contributed by atoms with van der Waals surface area (Å²) >= 11 is 11.8. The maximum atomic E-state index is 13.2. The van der Waals surface area contributed by atoms with Gasteiger partial charge >= 0.3 is 0 Å². The summed E-state index contributed by atoms with van der Waals surface area (Å²) in [7, 11) is 0. The largest absolute Gasteiger partial charge is 0.385 e. The maximum Gasteiger partial charge on any atom is 0.251 e. The number of hydrogen-bond acceptors (Lipinski definition) is 4. The molecule has 2 heterocycles. The maximum absolute atomic E-state index is 13.2. The molecule has 0 aliphatic carbocycles. The van der Waals surface area contributed by atoms with Gasteiger partial charge < -0.3 is 15.3 Å². The first kappa shape index (κ1) is 24.0. The highest BCUT2D eigenvalue weighted by molar-refractivity contribution is 6.42. The molecule has 2 aliphatic rings. The number of aliphatic hydroxyl groups is 1. The number of carbonyl (C=O) groups is 2. The van der Waals surface area contributed by atoms with E-state index in [0.717, 1.165) is 12.0 Å². The Morgan fingerprint density at radius 3 is 2.42 bits per heavy atom. The Labute approximate surface area is 202 Å². The highest BCUT2D eigenvalue weighted by atomic mass is 35.5. The molecular formula is C24H26Cl2FN3O3. The summed E-state index contributed by atoms with van der Waals surface area (Å²) in [5.41, 5.74) is 0.135. The number of nitrogens with one attached hydrogen (secondary N) is 1. The van der Waals surface area contributed by atoms with Crippen LogP contribution in [0.5, 0.6) is 0 Å². The SMILES string of the molecule is O=C(NCC(=O)N1CCC(N2CCC(O)(c3ccc(F)cc3)CC2)C1)c1ccc(Cl)c(Cl)c1. The molecule has 33 heavy (non-hydrogen) atoms. The number of nitrogens with zero attached hydrogens (tertiary/aromatic N) is 2. The molecule has 176 valence electrons. The average molecular weight is 494 g/mol.